The molecule has 0 aliphatic carbocycles. The number of rotatable bonds is 3. The molecule has 2 aromatic rings. The fraction of sp³-hybridized carbons (Fsp3) is 0.231. The molecule has 2 aromatic heterocycles. The minimum Gasteiger partial charge on any atom is -0.481 e. The Morgan fingerprint density at radius 1 is 1.24 bits per heavy atom. The number of ether oxygens (including phenoxy) is 1. The number of aliphatic hydroxyl groups is 1. The zero-order valence-electron chi connectivity index (χ0n) is 9.79. The Hall–Kier alpha value is -1.94. The van der Waals surface area contributed by atoms with Crippen molar-refractivity contribution in [1.29, 1.82) is 0 Å². The Kier molecular flexibility index (Phi) is 3.35. The monoisotopic (exact) mass is 230 g/mol. The third-order valence-corrected chi connectivity index (χ3v) is 2.66. The van der Waals surface area contributed by atoms with E-state index in [4.69, 9.17) is 4.74 Å². The zero-order valence-corrected chi connectivity index (χ0v) is 9.79. The van der Waals surface area contributed by atoms with E-state index in [1.807, 2.05) is 13.0 Å². The van der Waals surface area contributed by atoms with Gasteiger partial charge in [-0.25, -0.2) is 4.98 Å². The average molecular weight is 230 g/mol. The highest BCUT2D eigenvalue weighted by Crippen LogP contribution is 2.24. The molecule has 0 aromatic carbocycles. The molecule has 0 aliphatic rings. The molecule has 1 unspecified atom stereocenters. The van der Waals surface area contributed by atoms with Gasteiger partial charge >= 0.3 is 0 Å². The van der Waals surface area contributed by atoms with Gasteiger partial charge in [0.15, 0.2) is 0 Å². The molecular formula is C13H14N2O2. The van der Waals surface area contributed by atoms with Crippen molar-refractivity contribution in [3.63, 3.8) is 0 Å². The van der Waals surface area contributed by atoms with Gasteiger partial charge in [0.1, 0.15) is 6.10 Å². The topological polar surface area (TPSA) is 55.2 Å². The van der Waals surface area contributed by atoms with Crippen molar-refractivity contribution in [2.45, 2.75) is 13.0 Å². The van der Waals surface area contributed by atoms with Crippen molar-refractivity contribution >= 4 is 0 Å². The first-order valence-corrected chi connectivity index (χ1v) is 5.31. The van der Waals surface area contributed by atoms with Crippen LogP contribution in [0.25, 0.3) is 0 Å². The summed E-state index contributed by atoms with van der Waals surface area (Å²) in [7, 11) is 1.56. The maximum absolute atomic E-state index is 10.2. The predicted octanol–water partition coefficient (Wildman–Crippen LogP) is 1.88. The van der Waals surface area contributed by atoms with Crippen LogP contribution in [0.15, 0.2) is 36.8 Å². The van der Waals surface area contributed by atoms with Crippen LogP contribution in [0.4, 0.5) is 0 Å². The van der Waals surface area contributed by atoms with Crippen molar-refractivity contribution in [2.75, 3.05) is 7.11 Å². The van der Waals surface area contributed by atoms with Crippen molar-refractivity contribution < 1.29 is 9.84 Å². The highest BCUT2D eigenvalue weighted by atomic mass is 16.5. The van der Waals surface area contributed by atoms with Gasteiger partial charge in [-0.15, -0.1) is 0 Å². The van der Waals surface area contributed by atoms with Crippen LogP contribution in [0.3, 0.4) is 0 Å². The fourth-order valence-electron chi connectivity index (χ4n) is 1.62. The summed E-state index contributed by atoms with van der Waals surface area (Å²) in [4.78, 5) is 8.09. The molecule has 1 N–H and O–H groups in total. The minimum atomic E-state index is -0.706. The highest BCUT2D eigenvalue weighted by molar-refractivity contribution is 5.32. The summed E-state index contributed by atoms with van der Waals surface area (Å²) in [6.07, 6.45) is 4.28. The summed E-state index contributed by atoms with van der Waals surface area (Å²) in [6.45, 7) is 1.94. The van der Waals surface area contributed by atoms with E-state index >= 15 is 0 Å². The SMILES string of the molecule is COc1ccc(C(O)c2cnccc2C)cn1. The van der Waals surface area contributed by atoms with Crippen LogP contribution in [0.5, 0.6) is 5.88 Å². The van der Waals surface area contributed by atoms with Crippen LogP contribution in [-0.2, 0) is 0 Å². The van der Waals surface area contributed by atoms with Gasteiger partial charge in [0.05, 0.1) is 7.11 Å². The number of nitrogens with zero attached hydrogens (tertiary/aromatic N) is 2. The van der Waals surface area contributed by atoms with Gasteiger partial charge in [-0.2, -0.15) is 0 Å². The molecule has 4 heteroatoms. The maximum Gasteiger partial charge on any atom is 0.212 e. The second-order valence-electron chi connectivity index (χ2n) is 3.77. The van der Waals surface area contributed by atoms with Crippen molar-refractivity contribution in [3.8, 4) is 5.88 Å². The van der Waals surface area contributed by atoms with Gasteiger partial charge in [-0.1, -0.05) is 0 Å². The maximum atomic E-state index is 10.2. The molecule has 0 fully saturated rings. The molecule has 4 nitrogen and oxygen atoms in total. The molecule has 0 amide bonds. The summed E-state index contributed by atoms with van der Waals surface area (Å²) in [6, 6.07) is 5.39. The molecule has 2 heterocycles. The second-order valence-corrected chi connectivity index (χ2v) is 3.77. The van der Waals surface area contributed by atoms with E-state index in [1.165, 1.54) is 0 Å². The summed E-state index contributed by atoms with van der Waals surface area (Å²) in [5.41, 5.74) is 2.52. The number of aromatic nitrogens is 2. The van der Waals surface area contributed by atoms with E-state index in [-0.39, 0.29) is 0 Å². The molecule has 0 aliphatic heterocycles. The van der Waals surface area contributed by atoms with Gasteiger partial charge in [-0.05, 0) is 24.6 Å². The van der Waals surface area contributed by atoms with E-state index in [0.717, 1.165) is 16.7 Å². The summed E-state index contributed by atoms with van der Waals surface area (Å²) in [5, 5.41) is 10.2. The summed E-state index contributed by atoms with van der Waals surface area (Å²) < 4.78 is 4.97. The molecule has 0 bridgehead atoms. The molecule has 0 saturated carbocycles. The first-order valence-electron chi connectivity index (χ1n) is 5.31. The summed E-state index contributed by atoms with van der Waals surface area (Å²) >= 11 is 0. The summed E-state index contributed by atoms with van der Waals surface area (Å²) in [5.74, 6) is 0.531. The number of methoxy groups -OCH3 is 1. The lowest BCUT2D eigenvalue weighted by molar-refractivity contribution is 0.218. The molecule has 0 radical (unpaired) electrons. The van der Waals surface area contributed by atoms with Crippen LogP contribution >= 0.6 is 0 Å². The molecule has 0 spiro atoms. The number of aryl methyl sites for hydroxylation is 1. The van der Waals surface area contributed by atoms with Gasteiger partial charge in [-0.3, -0.25) is 4.98 Å². The van der Waals surface area contributed by atoms with Crippen molar-refractivity contribution in [3.05, 3.63) is 53.5 Å². The third-order valence-electron chi connectivity index (χ3n) is 2.66. The van der Waals surface area contributed by atoms with Crippen LogP contribution in [-0.4, -0.2) is 22.2 Å². The smallest absolute Gasteiger partial charge is 0.212 e. The first-order chi connectivity index (χ1) is 8.22. The Morgan fingerprint density at radius 3 is 2.65 bits per heavy atom. The third kappa shape index (κ3) is 2.42. The fourth-order valence-corrected chi connectivity index (χ4v) is 1.62. The number of hydrogen-bond acceptors (Lipinski definition) is 4. The van der Waals surface area contributed by atoms with Crippen molar-refractivity contribution in [2.24, 2.45) is 0 Å². The quantitative estimate of drug-likeness (QED) is 0.874. The Balaban J connectivity index is 2.30. The van der Waals surface area contributed by atoms with Crippen LogP contribution in [0, 0.1) is 6.92 Å². The number of pyridine rings is 2. The highest BCUT2D eigenvalue weighted by Gasteiger charge is 2.13. The first kappa shape index (κ1) is 11.5. The number of hydrogen-bond donors (Lipinski definition) is 1. The zero-order chi connectivity index (χ0) is 12.3. The van der Waals surface area contributed by atoms with Gasteiger partial charge in [0.25, 0.3) is 0 Å². The Morgan fingerprint density at radius 2 is 2.06 bits per heavy atom. The lowest BCUT2D eigenvalue weighted by atomic mass is 10.0. The second kappa shape index (κ2) is 4.93. The molecular weight excluding hydrogens is 216 g/mol. The Bertz CT molecular complexity index is 497. The van der Waals surface area contributed by atoms with Gasteiger partial charge < -0.3 is 9.84 Å². The normalized spacial score (nSPS) is 12.2. The molecule has 17 heavy (non-hydrogen) atoms. The van der Waals surface area contributed by atoms with Crippen LogP contribution < -0.4 is 4.74 Å². The van der Waals surface area contributed by atoms with Crippen LogP contribution in [0.1, 0.15) is 22.8 Å². The average Bonchev–Trinajstić information content (AvgIpc) is 2.39. The molecule has 2 rings (SSSR count). The van der Waals surface area contributed by atoms with Crippen molar-refractivity contribution in [1.82, 2.24) is 9.97 Å². The van der Waals surface area contributed by atoms with E-state index in [1.54, 1.807) is 37.8 Å². The molecule has 0 saturated heterocycles. The molecule has 1 atom stereocenters. The minimum absolute atomic E-state index is 0.531. The van der Waals surface area contributed by atoms with Gasteiger partial charge in [0, 0.05) is 35.8 Å². The lowest BCUT2D eigenvalue weighted by Gasteiger charge is -2.13. The standard InChI is InChI=1S/C13H14N2O2/c1-9-5-6-14-8-11(9)13(16)10-3-4-12(17-2)15-7-10/h3-8,13,16H,1-2H3. The Labute approximate surface area is 99.9 Å². The van der Waals surface area contributed by atoms with E-state index < -0.39 is 6.10 Å². The molecule has 88 valence electrons. The predicted molar refractivity (Wildman–Crippen MR) is 63.8 cm³/mol. The van der Waals surface area contributed by atoms with E-state index in [9.17, 15) is 5.11 Å². The number of aliphatic hydroxyl groups excluding tert-OH is 1. The largest absolute Gasteiger partial charge is 0.481 e. The van der Waals surface area contributed by atoms with Crippen LogP contribution in [0.2, 0.25) is 0 Å². The van der Waals surface area contributed by atoms with E-state index in [2.05, 4.69) is 9.97 Å². The lowest BCUT2D eigenvalue weighted by Crippen LogP contribution is -2.03. The van der Waals surface area contributed by atoms with Gasteiger partial charge in [0.2, 0.25) is 5.88 Å². The van der Waals surface area contributed by atoms with E-state index in [0.29, 0.717) is 5.88 Å².